The van der Waals surface area contributed by atoms with Crippen LogP contribution in [0.4, 0.5) is 4.79 Å². The van der Waals surface area contributed by atoms with Crippen molar-refractivity contribution in [2.75, 3.05) is 6.54 Å². The molecule has 0 aliphatic heterocycles. The van der Waals surface area contributed by atoms with Crippen molar-refractivity contribution in [1.82, 2.24) is 10.6 Å². The average Bonchev–Trinajstić information content (AvgIpc) is 3.18. The molecule has 3 aromatic rings. The molecule has 0 saturated heterocycles. The van der Waals surface area contributed by atoms with Gasteiger partial charge in [-0.25, -0.2) is 14.4 Å². The normalized spacial score (nSPS) is 14.0. The number of nitrogens with two attached hydrogens (primary N) is 1. The van der Waals surface area contributed by atoms with Crippen molar-refractivity contribution in [3.05, 3.63) is 44.5 Å². The lowest BCUT2D eigenvalue weighted by atomic mass is 9.93. The maximum Gasteiger partial charge on any atom is 0.340 e. The van der Waals surface area contributed by atoms with Crippen molar-refractivity contribution in [1.29, 1.82) is 0 Å². The van der Waals surface area contributed by atoms with Gasteiger partial charge in [0.2, 0.25) is 5.91 Å². The Hall–Kier alpha value is -3.82. The second-order valence-corrected chi connectivity index (χ2v) is 9.03. The fourth-order valence-electron chi connectivity index (χ4n) is 4.80. The number of furan rings is 1. The zero-order chi connectivity index (χ0) is 25.3. The first-order valence-electron chi connectivity index (χ1n) is 11.7. The number of carbonyl (C=O) groups is 3. The van der Waals surface area contributed by atoms with E-state index in [0.717, 1.165) is 53.4 Å². The van der Waals surface area contributed by atoms with E-state index >= 15 is 0 Å². The number of benzene rings is 1. The summed E-state index contributed by atoms with van der Waals surface area (Å²) in [5, 5.41) is 16.0. The lowest BCUT2D eigenvalue weighted by Crippen LogP contribution is -2.42. The van der Waals surface area contributed by atoms with Crippen molar-refractivity contribution in [2.45, 2.75) is 64.8 Å². The van der Waals surface area contributed by atoms with Gasteiger partial charge in [-0.3, -0.25) is 4.79 Å². The van der Waals surface area contributed by atoms with Crippen LogP contribution in [0.25, 0.3) is 21.9 Å². The maximum absolute atomic E-state index is 12.8. The molecule has 1 aromatic carbocycles. The molecular weight excluding hydrogens is 454 g/mol. The molecule has 2 heterocycles. The quantitative estimate of drug-likeness (QED) is 0.282. The maximum atomic E-state index is 12.8. The molecule has 0 spiro atoms. The topological polar surface area (TPSA) is 165 Å². The van der Waals surface area contributed by atoms with Gasteiger partial charge in [0.25, 0.3) is 0 Å². The number of nitrogens with one attached hydrogen (secondary N) is 2. The third-order valence-corrected chi connectivity index (χ3v) is 6.66. The highest BCUT2D eigenvalue weighted by molar-refractivity contribution is 6.00. The Morgan fingerprint density at radius 1 is 1.09 bits per heavy atom. The van der Waals surface area contributed by atoms with Crippen molar-refractivity contribution in [2.24, 2.45) is 5.73 Å². The molecule has 1 aliphatic rings. The third-order valence-electron chi connectivity index (χ3n) is 6.66. The molecule has 1 aliphatic carbocycles. The van der Waals surface area contributed by atoms with Crippen LogP contribution in [0, 0.1) is 13.8 Å². The molecule has 35 heavy (non-hydrogen) atoms. The van der Waals surface area contributed by atoms with Crippen LogP contribution in [0.5, 0.6) is 0 Å². The number of primary amides is 1. The molecule has 2 aromatic heterocycles. The molecule has 5 N–H and O–H groups in total. The van der Waals surface area contributed by atoms with Gasteiger partial charge < -0.3 is 30.3 Å². The van der Waals surface area contributed by atoms with Gasteiger partial charge in [-0.05, 0) is 57.6 Å². The van der Waals surface area contributed by atoms with E-state index in [-0.39, 0.29) is 24.9 Å². The SMILES string of the molecule is Cc1c(CC(=O)N[C@@H](CCCNC(N)=O)C(=O)O)c(=O)oc2c(C)c3oc4c(c3cc12)CCCC4. The minimum atomic E-state index is -1.21. The van der Waals surface area contributed by atoms with E-state index in [0.29, 0.717) is 17.6 Å². The molecule has 0 saturated carbocycles. The van der Waals surface area contributed by atoms with Crippen LogP contribution in [0.1, 0.15) is 53.7 Å². The van der Waals surface area contributed by atoms with Crippen molar-refractivity contribution in [3.8, 4) is 0 Å². The number of carboxylic acids is 1. The van der Waals surface area contributed by atoms with Crippen LogP contribution < -0.4 is 22.0 Å². The Balaban J connectivity index is 1.60. The Labute approximate surface area is 200 Å². The number of hydrogen-bond acceptors (Lipinski definition) is 6. The van der Waals surface area contributed by atoms with Gasteiger partial charge in [-0.15, -0.1) is 0 Å². The smallest absolute Gasteiger partial charge is 0.340 e. The number of aliphatic carboxylic acids is 1. The van der Waals surface area contributed by atoms with Gasteiger partial charge in [-0.2, -0.15) is 0 Å². The third kappa shape index (κ3) is 4.87. The van der Waals surface area contributed by atoms with Crippen LogP contribution in [0.2, 0.25) is 0 Å². The Bertz CT molecular complexity index is 1390. The van der Waals surface area contributed by atoms with Gasteiger partial charge in [0, 0.05) is 34.9 Å². The molecule has 0 fully saturated rings. The van der Waals surface area contributed by atoms with Gasteiger partial charge in [-0.1, -0.05) is 0 Å². The number of rotatable bonds is 8. The first-order valence-corrected chi connectivity index (χ1v) is 11.7. The van der Waals surface area contributed by atoms with Crippen LogP contribution >= 0.6 is 0 Å². The van der Waals surface area contributed by atoms with Gasteiger partial charge in [0.05, 0.1) is 12.0 Å². The summed E-state index contributed by atoms with van der Waals surface area (Å²) >= 11 is 0. The molecule has 10 heteroatoms. The summed E-state index contributed by atoms with van der Waals surface area (Å²) in [6.45, 7) is 3.82. The second-order valence-electron chi connectivity index (χ2n) is 9.03. The summed E-state index contributed by atoms with van der Waals surface area (Å²) in [7, 11) is 0. The zero-order valence-corrected chi connectivity index (χ0v) is 19.8. The summed E-state index contributed by atoms with van der Waals surface area (Å²) in [6.07, 6.45) is 4.08. The van der Waals surface area contributed by atoms with Gasteiger partial charge in [0.1, 0.15) is 23.0 Å². The van der Waals surface area contributed by atoms with Crippen LogP contribution in [0.3, 0.4) is 0 Å². The fraction of sp³-hybridized carbons (Fsp3) is 0.440. The molecule has 4 rings (SSSR count). The van der Waals surface area contributed by atoms with E-state index in [2.05, 4.69) is 10.6 Å². The van der Waals surface area contributed by atoms with E-state index in [1.54, 1.807) is 6.92 Å². The Morgan fingerprint density at radius 2 is 1.80 bits per heavy atom. The minimum Gasteiger partial charge on any atom is -0.480 e. The van der Waals surface area contributed by atoms with Crippen molar-refractivity contribution < 1.29 is 28.3 Å². The van der Waals surface area contributed by atoms with Crippen molar-refractivity contribution >= 4 is 39.8 Å². The monoisotopic (exact) mass is 483 g/mol. The predicted octanol–water partition coefficient (Wildman–Crippen LogP) is 2.60. The Morgan fingerprint density at radius 3 is 2.51 bits per heavy atom. The average molecular weight is 484 g/mol. The number of urea groups is 1. The van der Waals surface area contributed by atoms with Crippen LogP contribution in [-0.4, -0.2) is 35.6 Å². The largest absolute Gasteiger partial charge is 0.480 e. The second kappa shape index (κ2) is 9.81. The van der Waals surface area contributed by atoms with Crippen molar-refractivity contribution in [3.63, 3.8) is 0 Å². The van der Waals surface area contributed by atoms with E-state index in [9.17, 15) is 24.3 Å². The van der Waals surface area contributed by atoms with Gasteiger partial charge in [0.15, 0.2) is 0 Å². The lowest BCUT2D eigenvalue weighted by molar-refractivity contribution is -0.141. The standard InChI is InChI=1S/C25H29N3O7/c1-12-15-10-17-14-6-3-4-8-19(14)34-22(17)13(2)21(15)35-24(32)16(12)11-20(29)28-18(23(30)31)7-5-9-27-25(26)33/h10,18H,3-9,11H2,1-2H3,(H,28,29)(H,30,31)(H3,26,27,33)/t18-/m0/s1. The van der Waals surface area contributed by atoms with Crippen LogP contribution in [-0.2, 0) is 28.9 Å². The first-order chi connectivity index (χ1) is 16.7. The number of amides is 3. The zero-order valence-electron chi connectivity index (χ0n) is 19.8. The summed E-state index contributed by atoms with van der Waals surface area (Å²) in [5.41, 5.74) is 8.26. The first kappa shape index (κ1) is 24.3. The van der Waals surface area contributed by atoms with Crippen LogP contribution in [0.15, 0.2) is 19.7 Å². The number of fused-ring (bicyclic) bond motifs is 4. The Kier molecular flexibility index (Phi) is 6.81. The van der Waals surface area contributed by atoms with E-state index < -0.39 is 29.6 Å². The molecule has 0 unspecified atom stereocenters. The lowest BCUT2D eigenvalue weighted by Gasteiger charge is -2.15. The summed E-state index contributed by atoms with van der Waals surface area (Å²) in [4.78, 5) is 47.8. The molecule has 3 amide bonds. The summed E-state index contributed by atoms with van der Waals surface area (Å²) in [5.74, 6) is -0.828. The summed E-state index contributed by atoms with van der Waals surface area (Å²) in [6, 6.07) is 0.101. The molecule has 0 bridgehead atoms. The molecule has 186 valence electrons. The highest BCUT2D eigenvalue weighted by atomic mass is 16.4. The minimum absolute atomic E-state index is 0.0927. The number of carbonyl (C=O) groups excluding carboxylic acids is 2. The number of hydrogen-bond donors (Lipinski definition) is 4. The highest BCUT2D eigenvalue weighted by Gasteiger charge is 2.25. The highest BCUT2D eigenvalue weighted by Crippen LogP contribution is 2.37. The van der Waals surface area contributed by atoms with E-state index in [1.165, 1.54) is 5.56 Å². The van der Waals surface area contributed by atoms with E-state index in [4.69, 9.17) is 14.6 Å². The molecule has 0 radical (unpaired) electrons. The molecule has 1 atom stereocenters. The summed E-state index contributed by atoms with van der Waals surface area (Å²) < 4.78 is 11.7. The number of carboxylic acid groups (broad SMARTS) is 1. The fourth-order valence-corrected chi connectivity index (χ4v) is 4.80. The predicted molar refractivity (Wildman–Crippen MR) is 128 cm³/mol. The number of aryl methyl sites for hydroxylation is 4. The molecular formula is C25H29N3O7. The molecule has 10 nitrogen and oxygen atoms in total. The van der Waals surface area contributed by atoms with E-state index in [1.807, 2.05) is 13.0 Å². The van der Waals surface area contributed by atoms with Gasteiger partial charge >= 0.3 is 17.6 Å².